The summed E-state index contributed by atoms with van der Waals surface area (Å²) in [5.41, 5.74) is 2.59. The number of carbonyl (C=O) groups is 1. The van der Waals surface area contributed by atoms with Crippen LogP contribution >= 0.6 is 11.6 Å². The first-order valence-electron chi connectivity index (χ1n) is 11.6. The molecule has 1 aliphatic rings. The Morgan fingerprint density at radius 2 is 2.03 bits per heavy atom. The van der Waals surface area contributed by atoms with Crippen molar-refractivity contribution in [1.82, 2.24) is 9.88 Å². The molecule has 0 radical (unpaired) electrons. The first-order valence-corrected chi connectivity index (χ1v) is 11.9. The lowest BCUT2D eigenvalue weighted by Gasteiger charge is -2.27. The Labute approximate surface area is 215 Å². The number of aromatic nitrogens is 1. The summed E-state index contributed by atoms with van der Waals surface area (Å²) in [6, 6.07) is 6.05. The molecule has 37 heavy (non-hydrogen) atoms. The summed E-state index contributed by atoms with van der Waals surface area (Å²) in [4.78, 5) is 30.2. The van der Waals surface area contributed by atoms with Crippen LogP contribution in [0.15, 0.2) is 39.6 Å². The molecular weight excluding hydrogens is 511 g/mol. The highest BCUT2D eigenvalue weighted by molar-refractivity contribution is 6.29. The number of halogens is 4. The average molecular weight is 536 g/mol. The zero-order valence-corrected chi connectivity index (χ0v) is 21.1. The van der Waals surface area contributed by atoms with E-state index in [1.807, 2.05) is 13.0 Å². The molecule has 1 aromatic carbocycles. The molecule has 0 bridgehead atoms. The SMILES string of the molecule is Cc1cc([C@@H](C)Nc2ccc(Cl)nc2C(=O)O)c2oc(C3=CCN(CC(F)(F)F)CC3)c(C)c(=O)c2c1. The third-order valence-corrected chi connectivity index (χ3v) is 6.49. The van der Waals surface area contributed by atoms with Crippen LogP contribution in [0.5, 0.6) is 0 Å². The summed E-state index contributed by atoms with van der Waals surface area (Å²) in [6.45, 7) is 4.56. The molecule has 3 heterocycles. The maximum absolute atomic E-state index is 13.3. The minimum absolute atomic E-state index is 0.0391. The van der Waals surface area contributed by atoms with E-state index in [9.17, 15) is 27.9 Å². The molecule has 1 atom stereocenters. The Morgan fingerprint density at radius 1 is 1.30 bits per heavy atom. The first kappa shape index (κ1) is 26.7. The van der Waals surface area contributed by atoms with Crippen LogP contribution in [0.4, 0.5) is 18.9 Å². The highest BCUT2D eigenvalue weighted by Gasteiger charge is 2.32. The molecule has 0 amide bonds. The second kappa shape index (κ2) is 10.2. The lowest BCUT2D eigenvalue weighted by Crippen LogP contribution is -2.37. The normalized spacial score (nSPS) is 15.5. The van der Waals surface area contributed by atoms with Crippen molar-refractivity contribution in [3.05, 3.63) is 73.9 Å². The highest BCUT2D eigenvalue weighted by Crippen LogP contribution is 2.33. The van der Waals surface area contributed by atoms with Gasteiger partial charge in [0.1, 0.15) is 16.5 Å². The van der Waals surface area contributed by atoms with Gasteiger partial charge in [0.05, 0.1) is 23.7 Å². The van der Waals surface area contributed by atoms with Gasteiger partial charge in [0, 0.05) is 24.2 Å². The molecular formula is C26H25ClF3N3O4. The van der Waals surface area contributed by atoms with E-state index in [4.69, 9.17) is 16.0 Å². The molecule has 2 N–H and O–H groups in total. The molecule has 2 aromatic heterocycles. The van der Waals surface area contributed by atoms with E-state index in [-0.39, 0.29) is 35.1 Å². The number of hydrogen-bond acceptors (Lipinski definition) is 6. The van der Waals surface area contributed by atoms with Gasteiger partial charge in [-0.2, -0.15) is 13.2 Å². The number of alkyl halides is 3. The third-order valence-electron chi connectivity index (χ3n) is 6.28. The van der Waals surface area contributed by atoms with E-state index in [1.165, 1.54) is 17.0 Å². The van der Waals surface area contributed by atoms with Crippen molar-refractivity contribution in [2.75, 3.05) is 25.0 Å². The van der Waals surface area contributed by atoms with Gasteiger partial charge in [0.25, 0.3) is 0 Å². The zero-order chi connectivity index (χ0) is 27.1. The molecule has 0 aliphatic carbocycles. The van der Waals surface area contributed by atoms with Gasteiger partial charge in [0.15, 0.2) is 11.1 Å². The van der Waals surface area contributed by atoms with Crippen molar-refractivity contribution in [2.24, 2.45) is 0 Å². The Hall–Kier alpha value is -3.37. The number of carboxylic acid groups (broad SMARTS) is 1. The van der Waals surface area contributed by atoms with Crippen LogP contribution < -0.4 is 10.7 Å². The summed E-state index contributed by atoms with van der Waals surface area (Å²) >= 11 is 5.86. The van der Waals surface area contributed by atoms with Crippen molar-refractivity contribution < 1.29 is 27.5 Å². The quantitative estimate of drug-likeness (QED) is 0.375. The number of carboxylic acids is 1. The summed E-state index contributed by atoms with van der Waals surface area (Å²) in [7, 11) is 0. The lowest BCUT2D eigenvalue weighted by atomic mass is 9.97. The number of rotatable bonds is 6. The topological polar surface area (TPSA) is 95.7 Å². The second-order valence-electron chi connectivity index (χ2n) is 9.15. The molecule has 0 fully saturated rings. The smallest absolute Gasteiger partial charge is 0.401 e. The molecule has 0 saturated carbocycles. The van der Waals surface area contributed by atoms with Gasteiger partial charge in [-0.1, -0.05) is 23.7 Å². The number of aromatic carboxylic acids is 1. The number of anilines is 1. The van der Waals surface area contributed by atoms with Gasteiger partial charge in [-0.05, 0) is 56.5 Å². The van der Waals surface area contributed by atoms with Crippen molar-refractivity contribution in [2.45, 2.75) is 39.4 Å². The second-order valence-corrected chi connectivity index (χ2v) is 9.53. The number of pyridine rings is 1. The summed E-state index contributed by atoms with van der Waals surface area (Å²) in [5.74, 6) is -0.902. The first-order chi connectivity index (χ1) is 17.3. The van der Waals surface area contributed by atoms with Gasteiger partial charge >= 0.3 is 12.1 Å². The molecule has 0 unspecified atom stereocenters. The van der Waals surface area contributed by atoms with Crippen LogP contribution in [0.2, 0.25) is 5.15 Å². The van der Waals surface area contributed by atoms with Crippen LogP contribution in [0.1, 0.15) is 52.3 Å². The lowest BCUT2D eigenvalue weighted by molar-refractivity contribution is -0.144. The van der Waals surface area contributed by atoms with Crippen molar-refractivity contribution in [3.63, 3.8) is 0 Å². The Balaban J connectivity index is 1.76. The van der Waals surface area contributed by atoms with Crippen molar-refractivity contribution in [1.29, 1.82) is 0 Å². The van der Waals surface area contributed by atoms with Crippen LogP contribution in [0, 0.1) is 13.8 Å². The van der Waals surface area contributed by atoms with Gasteiger partial charge in [-0.3, -0.25) is 9.69 Å². The fraction of sp³-hybridized carbons (Fsp3) is 0.346. The molecule has 11 heteroatoms. The van der Waals surface area contributed by atoms with Crippen molar-refractivity contribution >= 4 is 39.8 Å². The third kappa shape index (κ3) is 5.80. The number of hydrogen-bond donors (Lipinski definition) is 2. The van der Waals surface area contributed by atoms with E-state index in [0.29, 0.717) is 39.9 Å². The average Bonchev–Trinajstić information content (AvgIpc) is 2.82. The van der Waals surface area contributed by atoms with Crippen LogP contribution in [0.3, 0.4) is 0 Å². The van der Waals surface area contributed by atoms with Crippen molar-refractivity contribution in [3.8, 4) is 0 Å². The number of fused-ring (bicyclic) bond motifs is 1. The predicted octanol–water partition coefficient (Wildman–Crippen LogP) is 5.98. The summed E-state index contributed by atoms with van der Waals surface area (Å²) in [5, 5.41) is 13.1. The molecule has 4 rings (SSSR count). The Bertz CT molecular complexity index is 1470. The van der Waals surface area contributed by atoms with E-state index < -0.39 is 24.7 Å². The number of benzene rings is 1. The standard InChI is InChI=1S/C26H25ClF3N3O4/c1-13-10-17(15(3)31-19-4-5-20(27)32-21(19)25(35)36)24-18(11-13)22(34)14(2)23(37-24)16-6-8-33(9-7-16)12-26(28,29)30/h4-6,10-11,15,31H,7-9,12H2,1-3H3,(H,35,36)/t15-/m1/s1. The molecule has 3 aromatic rings. The van der Waals surface area contributed by atoms with Gasteiger partial charge in [-0.25, -0.2) is 9.78 Å². The maximum atomic E-state index is 13.3. The predicted molar refractivity (Wildman–Crippen MR) is 135 cm³/mol. The molecule has 7 nitrogen and oxygen atoms in total. The van der Waals surface area contributed by atoms with Gasteiger partial charge in [-0.15, -0.1) is 0 Å². The van der Waals surface area contributed by atoms with E-state index in [0.717, 1.165) is 5.56 Å². The van der Waals surface area contributed by atoms with Crippen LogP contribution in [-0.2, 0) is 0 Å². The summed E-state index contributed by atoms with van der Waals surface area (Å²) < 4.78 is 44.6. The van der Waals surface area contributed by atoms with Gasteiger partial charge in [0.2, 0.25) is 0 Å². The van der Waals surface area contributed by atoms with Crippen LogP contribution in [-0.4, -0.2) is 46.8 Å². The van der Waals surface area contributed by atoms with E-state index in [2.05, 4.69) is 10.3 Å². The Morgan fingerprint density at radius 3 is 2.65 bits per heavy atom. The molecule has 1 aliphatic heterocycles. The fourth-order valence-corrected chi connectivity index (χ4v) is 4.68. The highest BCUT2D eigenvalue weighted by atomic mass is 35.5. The zero-order valence-electron chi connectivity index (χ0n) is 20.4. The maximum Gasteiger partial charge on any atom is 0.401 e. The Kier molecular flexibility index (Phi) is 7.34. The summed E-state index contributed by atoms with van der Waals surface area (Å²) in [6.07, 6.45) is -2.31. The van der Waals surface area contributed by atoms with E-state index in [1.54, 1.807) is 26.0 Å². The van der Waals surface area contributed by atoms with E-state index >= 15 is 0 Å². The number of nitrogens with one attached hydrogen (secondary N) is 1. The molecule has 0 spiro atoms. The van der Waals surface area contributed by atoms with Crippen LogP contribution in [0.25, 0.3) is 16.5 Å². The van der Waals surface area contributed by atoms with Gasteiger partial charge < -0.3 is 14.8 Å². The fourth-order valence-electron chi connectivity index (χ4n) is 4.54. The molecule has 196 valence electrons. The minimum Gasteiger partial charge on any atom is -0.476 e. The monoisotopic (exact) mass is 535 g/mol. The largest absolute Gasteiger partial charge is 0.476 e. The number of aryl methyl sites for hydroxylation is 1. The number of nitrogens with zero attached hydrogens (tertiary/aromatic N) is 2. The minimum atomic E-state index is -4.28. The molecule has 0 saturated heterocycles.